The van der Waals surface area contributed by atoms with Crippen molar-refractivity contribution in [1.82, 2.24) is 9.13 Å². The first-order valence-electron chi connectivity index (χ1n) is 19.5. The standard InChI is InChI=1S/C54H34N2O/c1-3-15-35(16-4-1)39-19-7-10-23-45(39)55-48-32-30-38(34-44(48)53-40(22-13-25-49(53)55)36-17-5-2-6-18-36)37-29-31-47-43(33-37)41-20-8-11-24-46(41)56(47)50-26-14-28-52-54(50)42-21-9-12-27-51(42)57-52/h1-34H. The van der Waals surface area contributed by atoms with Gasteiger partial charge in [0.1, 0.15) is 11.2 Å². The number of hydrogen-bond donors (Lipinski definition) is 0. The van der Waals surface area contributed by atoms with Crippen LogP contribution in [-0.2, 0) is 0 Å². The lowest BCUT2D eigenvalue weighted by Gasteiger charge is -2.14. The van der Waals surface area contributed by atoms with Gasteiger partial charge in [0, 0.05) is 32.5 Å². The number of hydrogen-bond acceptors (Lipinski definition) is 1. The molecule has 57 heavy (non-hydrogen) atoms. The van der Waals surface area contributed by atoms with Gasteiger partial charge >= 0.3 is 0 Å². The first kappa shape index (κ1) is 31.7. The molecular weight excluding hydrogens is 693 g/mol. The number of benzene rings is 9. The molecule has 266 valence electrons. The Labute approximate surface area is 328 Å². The van der Waals surface area contributed by atoms with Crippen LogP contribution in [0, 0.1) is 0 Å². The van der Waals surface area contributed by atoms with Gasteiger partial charge in [0.15, 0.2) is 0 Å². The van der Waals surface area contributed by atoms with Crippen molar-refractivity contribution in [3.05, 3.63) is 206 Å². The molecule has 12 aromatic rings. The summed E-state index contributed by atoms with van der Waals surface area (Å²) in [7, 11) is 0. The second-order valence-corrected chi connectivity index (χ2v) is 14.8. The van der Waals surface area contributed by atoms with Gasteiger partial charge in [-0.3, -0.25) is 0 Å². The summed E-state index contributed by atoms with van der Waals surface area (Å²) in [6, 6.07) is 74.5. The van der Waals surface area contributed by atoms with Crippen molar-refractivity contribution in [1.29, 1.82) is 0 Å². The summed E-state index contributed by atoms with van der Waals surface area (Å²) in [5.74, 6) is 0. The van der Waals surface area contributed by atoms with Crippen LogP contribution in [0.2, 0.25) is 0 Å². The summed E-state index contributed by atoms with van der Waals surface area (Å²) < 4.78 is 11.2. The van der Waals surface area contributed by atoms with E-state index in [-0.39, 0.29) is 0 Å². The molecule has 0 radical (unpaired) electrons. The van der Waals surface area contributed by atoms with E-state index >= 15 is 0 Å². The van der Waals surface area contributed by atoms with E-state index < -0.39 is 0 Å². The highest BCUT2D eigenvalue weighted by Gasteiger charge is 2.21. The Morgan fingerprint density at radius 2 is 0.807 bits per heavy atom. The Kier molecular flexibility index (Phi) is 6.93. The van der Waals surface area contributed by atoms with Crippen molar-refractivity contribution in [3.8, 4) is 44.8 Å². The molecule has 9 aromatic carbocycles. The van der Waals surface area contributed by atoms with Crippen LogP contribution in [0.15, 0.2) is 211 Å². The van der Waals surface area contributed by atoms with Crippen LogP contribution < -0.4 is 0 Å². The van der Waals surface area contributed by atoms with E-state index in [1.54, 1.807) is 0 Å². The van der Waals surface area contributed by atoms with Crippen LogP contribution in [0.25, 0.3) is 110 Å². The first-order chi connectivity index (χ1) is 28.3. The minimum absolute atomic E-state index is 0.894. The quantitative estimate of drug-likeness (QED) is 0.173. The van der Waals surface area contributed by atoms with Gasteiger partial charge in [-0.05, 0) is 88.5 Å². The predicted molar refractivity (Wildman–Crippen MR) is 239 cm³/mol. The van der Waals surface area contributed by atoms with E-state index in [1.807, 2.05) is 6.07 Å². The van der Waals surface area contributed by atoms with E-state index in [9.17, 15) is 0 Å². The Hall–Kier alpha value is -7.62. The summed E-state index contributed by atoms with van der Waals surface area (Å²) in [6.07, 6.45) is 0. The van der Waals surface area contributed by atoms with Crippen LogP contribution in [-0.4, -0.2) is 9.13 Å². The maximum absolute atomic E-state index is 6.34. The maximum Gasteiger partial charge on any atom is 0.137 e. The van der Waals surface area contributed by atoms with Gasteiger partial charge in [-0.25, -0.2) is 0 Å². The average molecular weight is 727 g/mol. The summed E-state index contributed by atoms with van der Waals surface area (Å²) in [5, 5.41) is 7.18. The molecule has 0 bridgehead atoms. The van der Waals surface area contributed by atoms with Crippen molar-refractivity contribution in [2.75, 3.05) is 0 Å². The Morgan fingerprint density at radius 3 is 1.61 bits per heavy atom. The molecule has 0 fully saturated rings. The third-order valence-corrected chi connectivity index (χ3v) is 11.7. The van der Waals surface area contributed by atoms with Crippen LogP contribution in [0.3, 0.4) is 0 Å². The van der Waals surface area contributed by atoms with E-state index in [1.165, 1.54) is 77.0 Å². The zero-order valence-corrected chi connectivity index (χ0v) is 30.9. The molecule has 0 spiro atoms. The van der Waals surface area contributed by atoms with Crippen molar-refractivity contribution >= 4 is 65.6 Å². The lowest BCUT2D eigenvalue weighted by molar-refractivity contribution is 0.669. The fraction of sp³-hybridized carbons (Fsp3) is 0. The Bertz CT molecular complexity index is 3510. The molecule has 0 atom stereocenters. The van der Waals surface area contributed by atoms with Gasteiger partial charge in [0.05, 0.1) is 38.8 Å². The molecular formula is C54H34N2O. The molecule has 0 N–H and O–H groups in total. The molecule has 0 aliphatic rings. The van der Waals surface area contributed by atoms with E-state index in [4.69, 9.17) is 4.42 Å². The molecule has 0 amide bonds. The van der Waals surface area contributed by atoms with E-state index in [0.29, 0.717) is 0 Å². The summed E-state index contributed by atoms with van der Waals surface area (Å²) in [4.78, 5) is 0. The normalized spacial score (nSPS) is 11.9. The highest BCUT2D eigenvalue weighted by atomic mass is 16.3. The number of aromatic nitrogens is 2. The average Bonchev–Trinajstić information content (AvgIpc) is 3.94. The lowest BCUT2D eigenvalue weighted by Crippen LogP contribution is -1.97. The number of fused-ring (bicyclic) bond motifs is 9. The third kappa shape index (κ3) is 4.79. The van der Waals surface area contributed by atoms with E-state index in [0.717, 1.165) is 33.3 Å². The molecule has 3 heteroatoms. The maximum atomic E-state index is 6.34. The summed E-state index contributed by atoms with van der Waals surface area (Å²) in [6.45, 7) is 0. The highest BCUT2D eigenvalue weighted by molar-refractivity contribution is 6.18. The lowest BCUT2D eigenvalue weighted by atomic mass is 9.97. The zero-order chi connectivity index (χ0) is 37.5. The Morgan fingerprint density at radius 1 is 0.281 bits per heavy atom. The number of para-hydroxylation sites is 3. The van der Waals surface area contributed by atoms with Gasteiger partial charge in [0.2, 0.25) is 0 Å². The number of nitrogens with zero attached hydrogens (tertiary/aromatic N) is 2. The first-order valence-corrected chi connectivity index (χ1v) is 19.5. The van der Waals surface area contributed by atoms with Crippen molar-refractivity contribution in [3.63, 3.8) is 0 Å². The highest BCUT2D eigenvalue weighted by Crippen LogP contribution is 2.44. The minimum atomic E-state index is 0.894. The number of furan rings is 1. The molecule has 0 saturated heterocycles. The molecule has 3 aromatic heterocycles. The van der Waals surface area contributed by atoms with Crippen LogP contribution in [0.4, 0.5) is 0 Å². The van der Waals surface area contributed by atoms with Crippen LogP contribution >= 0.6 is 0 Å². The van der Waals surface area contributed by atoms with Crippen molar-refractivity contribution in [2.24, 2.45) is 0 Å². The van der Waals surface area contributed by atoms with Gasteiger partial charge < -0.3 is 13.6 Å². The van der Waals surface area contributed by atoms with Crippen molar-refractivity contribution in [2.45, 2.75) is 0 Å². The molecule has 0 aliphatic heterocycles. The fourth-order valence-corrected chi connectivity index (χ4v) is 9.25. The second kappa shape index (κ2) is 12.5. The SMILES string of the molecule is c1ccc(-c2ccccc2-n2c3ccc(-c4ccc5c(c4)c4ccccc4n5-c4cccc5oc6ccccc6c45)cc3c3c(-c4ccccc4)cccc32)cc1. The Balaban J connectivity index is 1.10. The molecule has 0 aliphatic carbocycles. The monoisotopic (exact) mass is 726 g/mol. The van der Waals surface area contributed by atoms with Crippen LogP contribution in [0.5, 0.6) is 0 Å². The van der Waals surface area contributed by atoms with Gasteiger partial charge in [0.25, 0.3) is 0 Å². The number of rotatable bonds is 5. The second-order valence-electron chi connectivity index (χ2n) is 14.8. The van der Waals surface area contributed by atoms with Crippen LogP contribution in [0.1, 0.15) is 0 Å². The zero-order valence-electron chi connectivity index (χ0n) is 30.9. The molecule has 0 saturated carbocycles. The topological polar surface area (TPSA) is 23.0 Å². The molecule has 3 nitrogen and oxygen atoms in total. The largest absolute Gasteiger partial charge is 0.456 e. The third-order valence-electron chi connectivity index (χ3n) is 11.7. The summed E-state index contributed by atoms with van der Waals surface area (Å²) in [5.41, 5.74) is 16.0. The van der Waals surface area contributed by atoms with Gasteiger partial charge in [-0.2, -0.15) is 0 Å². The summed E-state index contributed by atoms with van der Waals surface area (Å²) >= 11 is 0. The minimum Gasteiger partial charge on any atom is -0.456 e. The fourth-order valence-electron chi connectivity index (χ4n) is 9.25. The van der Waals surface area contributed by atoms with E-state index in [2.05, 4.69) is 209 Å². The predicted octanol–water partition coefficient (Wildman–Crippen LogP) is 14.8. The molecule has 3 heterocycles. The smallest absolute Gasteiger partial charge is 0.137 e. The molecule has 0 unspecified atom stereocenters. The van der Waals surface area contributed by atoms with Gasteiger partial charge in [-0.1, -0.05) is 146 Å². The van der Waals surface area contributed by atoms with Gasteiger partial charge in [-0.15, -0.1) is 0 Å². The molecule has 12 rings (SSSR count). The van der Waals surface area contributed by atoms with Crippen molar-refractivity contribution < 1.29 is 4.42 Å².